The van der Waals surface area contributed by atoms with Gasteiger partial charge in [0.2, 0.25) is 0 Å². The van der Waals surface area contributed by atoms with Crippen LogP contribution in [0.5, 0.6) is 0 Å². The Bertz CT molecular complexity index is 3250. The van der Waals surface area contributed by atoms with Gasteiger partial charge in [-0.1, -0.05) is 53.5 Å². The maximum Gasteiger partial charge on any atom is 0.338 e. The number of aromatic nitrogens is 12. The molecule has 0 fully saturated rings. The van der Waals surface area contributed by atoms with Crippen LogP contribution in [0.4, 0.5) is 5.82 Å². The number of nitrogen functional groups attached to an aromatic ring is 1. The second-order valence-corrected chi connectivity index (χ2v) is 18.4. The van der Waals surface area contributed by atoms with E-state index in [1.54, 1.807) is 72.8 Å². The standard InChI is InChI=1S/2C19H17N5O2S.C12H13N3O2S/c2*1-2-26-19(25)13-5-3-6-15(9-13)27-18-11-14(22-23-18)10-16-17-7-4-8-24(17)21-12-20-16;1-2-17-12(16)8-4-3-5-9(6-8)18-11-7-10(13)14-15-11/h2*3-9,11-12H,2,10H2,1H3,(H,22,23);3-7H,2H2,1H3,(H3,13,14,15). The summed E-state index contributed by atoms with van der Waals surface area (Å²) < 4.78 is 18.6. The van der Waals surface area contributed by atoms with E-state index in [1.807, 2.05) is 97.3 Å². The normalized spacial score (nSPS) is 10.8. The summed E-state index contributed by atoms with van der Waals surface area (Å²) in [6.07, 6.45) is 8.15. The fourth-order valence-corrected chi connectivity index (χ4v) is 9.46. The number of aromatic amines is 3. The molecule has 10 rings (SSSR count). The van der Waals surface area contributed by atoms with Crippen molar-refractivity contribution in [3.8, 4) is 0 Å². The summed E-state index contributed by atoms with van der Waals surface area (Å²) in [7, 11) is 0. The zero-order chi connectivity index (χ0) is 50.2. The molecule has 0 aliphatic rings. The number of ether oxygens (including phenoxy) is 3. The number of H-pyrrole nitrogens is 3. The highest BCUT2D eigenvalue weighted by molar-refractivity contribution is 7.99. The Morgan fingerprint density at radius 1 is 0.514 bits per heavy atom. The van der Waals surface area contributed by atoms with Gasteiger partial charge in [0.25, 0.3) is 0 Å². The van der Waals surface area contributed by atoms with Crippen LogP contribution in [0.3, 0.4) is 0 Å². The minimum Gasteiger partial charge on any atom is -0.462 e. The highest BCUT2D eigenvalue weighted by Crippen LogP contribution is 2.30. The molecule has 22 heteroatoms. The van der Waals surface area contributed by atoms with E-state index in [0.717, 1.165) is 63.6 Å². The summed E-state index contributed by atoms with van der Waals surface area (Å²) in [5.41, 5.74) is 12.9. The highest BCUT2D eigenvalue weighted by Gasteiger charge is 2.14. The highest BCUT2D eigenvalue weighted by atomic mass is 32.2. The first-order valence-corrected chi connectivity index (χ1v) is 24.9. The number of anilines is 1. The van der Waals surface area contributed by atoms with Crippen LogP contribution >= 0.6 is 35.3 Å². The van der Waals surface area contributed by atoms with Crippen LogP contribution in [0, 0.1) is 0 Å². The Morgan fingerprint density at radius 2 is 0.903 bits per heavy atom. The summed E-state index contributed by atoms with van der Waals surface area (Å²) in [4.78, 5) is 46.8. The lowest BCUT2D eigenvalue weighted by molar-refractivity contribution is 0.0516. The van der Waals surface area contributed by atoms with Crippen LogP contribution in [-0.2, 0) is 27.1 Å². The van der Waals surface area contributed by atoms with E-state index in [2.05, 4.69) is 50.8 Å². The molecule has 72 heavy (non-hydrogen) atoms. The van der Waals surface area contributed by atoms with E-state index in [9.17, 15) is 14.4 Å². The van der Waals surface area contributed by atoms with Crippen molar-refractivity contribution in [3.05, 3.63) is 180 Å². The topological polar surface area (TPSA) is 251 Å². The average molecular weight is 1020 g/mol. The number of hydrogen-bond donors (Lipinski definition) is 4. The van der Waals surface area contributed by atoms with Crippen LogP contribution < -0.4 is 5.73 Å². The van der Waals surface area contributed by atoms with Crippen molar-refractivity contribution in [3.63, 3.8) is 0 Å². The maximum atomic E-state index is 11.9. The van der Waals surface area contributed by atoms with Crippen LogP contribution in [-0.4, -0.2) is 97.5 Å². The third kappa shape index (κ3) is 13.6. The number of nitrogens with two attached hydrogens (primary N) is 1. The molecule has 3 aromatic carbocycles. The lowest BCUT2D eigenvalue weighted by Gasteiger charge is -2.03. The molecule has 0 spiro atoms. The van der Waals surface area contributed by atoms with Crippen LogP contribution in [0.2, 0.25) is 0 Å². The predicted molar refractivity (Wildman–Crippen MR) is 271 cm³/mol. The molecule has 7 aromatic heterocycles. The quantitative estimate of drug-likeness (QED) is 0.0520. The molecule has 0 saturated carbocycles. The Kier molecular flexibility index (Phi) is 17.1. The van der Waals surface area contributed by atoms with E-state index in [-0.39, 0.29) is 17.9 Å². The molecule has 0 aliphatic carbocycles. The lowest BCUT2D eigenvalue weighted by atomic mass is 10.2. The van der Waals surface area contributed by atoms with Crippen molar-refractivity contribution in [1.29, 1.82) is 0 Å². The summed E-state index contributed by atoms with van der Waals surface area (Å²) in [6.45, 7) is 6.45. The van der Waals surface area contributed by atoms with E-state index in [4.69, 9.17) is 19.9 Å². The van der Waals surface area contributed by atoms with E-state index >= 15 is 0 Å². The van der Waals surface area contributed by atoms with Gasteiger partial charge in [-0.3, -0.25) is 15.3 Å². The first-order valence-electron chi connectivity index (χ1n) is 22.4. The molecule has 0 atom stereocenters. The fourth-order valence-electron chi connectivity index (χ4n) is 6.87. The van der Waals surface area contributed by atoms with Crippen LogP contribution in [0.1, 0.15) is 74.6 Å². The number of carbonyl (C=O) groups is 3. The minimum atomic E-state index is -0.318. The molecular weight excluding hydrogens is 975 g/mol. The summed E-state index contributed by atoms with van der Waals surface area (Å²) >= 11 is 4.40. The molecule has 0 saturated heterocycles. The van der Waals surface area contributed by atoms with Crippen LogP contribution in [0.25, 0.3) is 11.0 Å². The van der Waals surface area contributed by atoms with Crippen molar-refractivity contribution in [2.45, 2.75) is 63.4 Å². The molecule has 0 bridgehead atoms. The van der Waals surface area contributed by atoms with Gasteiger partial charge in [0.1, 0.15) is 33.6 Å². The molecule has 366 valence electrons. The maximum absolute atomic E-state index is 11.9. The fraction of sp³-hybridized carbons (Fsp3) is 0.160. The van der Waals surface area contributed by atoms with Crippen molar-refractivity contribution < 1.29 is 28.6 Å². The third-order valence-electron chi connectivity index (χ3n) is 10.0. The van der Waals surface area contributed by atoms with Crippen molar-refractivity contribution in [2.75, 3.05) is 25.6 Å². The summed E-state index contributed by atoms with van der Waals surface area (Å²) in [5, 5.41) is 32.3. The summed E-state index contributed by atoms with van der Waals surface area (Å²) in [6, 6.07) is 35.5. The molecule has 5 N–H and O–H groups in total. The Labute approximate surface area is 425 Å². The van der Waals surface area contributed by atoms with Crippen LogP contribution in [0.15, 0.2) is 170 Å². The Hall–Kier alpha value is -8.21. The van der Waals surface area contributed by atoms with E-state index < -0.39 is 0 Å². The monoisotopic (exact) mass is 1020 g/mol. The van der Waals surface area contributed by atoms with Crippen molar-refractivity contribution in [1.82, 2.24) is 59.8 Å². The predicted octanol–water partition coefficient (Wildman–Crippen LogP) is 9.06. The van der Waals surface area contributed by atoms with Gasteiger partial charge in [-0.2, -0.15) is 25.5 Å². The van der Waals surface area contributed by atoms with Gasteiger partial charge < -0.3 is 19.9 Å². The average Bonchev–Trinajstić information content (AvgIpc) is 4.26. The van der Waals surface area contributed by atoms with Gasteiger partial charge in [-0.15, -0.1) is 0 Å². The molecule has 0 aliphatic heterocycles. The van der Waals surface area contributed by atoms with Gasteiger partial charge in [-0.25, -0.2) is 33.4 Å². The second-order valence-electron chi connectivity index (χ2n) is 15.1. The zero-order valence-electron chi connectivity index (χ0n) is 39.1. The molecule has 7 heterocycles. The molecule has 0 unspecified atom stereocenters. The van der Waals surface area contributed by atoms with Gasteiger partial charge in [0.15, 0.2) is 0 Å². The lowest BCUT2D eigenvalue weighted by Crippen LogP contribution is -2.04. The summed E-state index contributed by atoms with van der Waals surface area (Å²) in [5.74, 6) is -0.439. The molecule has 19 nitrogen and oxygen atoms in total. The molecular formula is C50H47N13O6S3. The van der Waals surface area contributed by atoms with Gasteiger partial charge in [0.05, 0.1) is 58.9 Å². The number of esters is 3. The Morgan fingerprint density at radius 3 is 1.28 bits per heavy atom. The number of nitrogens with zero attached hydrogens (tertiary/aromatic N) is 9. The molecule has 0 radical (unpaired) electrons. The first-order chi connectivity index (χ1) is 35.1. The SMILES string of the molecule is CCOC(=O)c1cccc(Sc2cc(Cc3ncnn4cccc34)[nH]n2)c1.CCOC(=O)c1cccc(Sc2cc(Cc3ncnn4cccc34)[nH]n2)c1.CCOC(=O)c1cccc(Sc2cc(N)[nH]n2)c1. The number of fused-ring (bicyclic) bond motifs is 2. The van der Waals surface area contributed by atoms with Crippen molar-refractivity contribution >= 4 is 70.0 Å². The van der Waals surface area contributed by atoms with E-state index in [1.165, 1.54) is 35.3 Å². The van der Waals surface area contributed by atoms with E-state index in [0.29, 0.717) is 55.2 Å². The number of rotatable bonds is 16. The largest absolute Gasteiger partial charge is 0.462 e. The third-order valence-corrected chi connectivity index (χ3v) is 12.8. The molecule has 10 aromatic rings. The van der Waals surface area contributed by atoms with Gasteiger partial charge in [-0.05, 0) is 112 Å². The molecule has 0 amide bonds. The number of hydrogen-bond acceptors (Lipinski definition) is 17. The number of benzene rings is 3. The van der Waals surface area contributed by atoms with Crippen molar-refractivity contribution in [2.24, 2.45) is 0 Å². The first kappa shape index (κ1) is 50.2. The Balaban J connectivity index is 0.000000148. The zero-order valence-corrected chi connectivity index (χ0v) is 41.5. The minimum absolute atomic E-state index is 0.317. The second kappa shape index (κ2) is 24.6. The number of carbonyl (C=O) groups excluding carboxylic acids is 3. The number of nitrogens with one attached hydrogen (secondary N) is 3. The van der Waals surface area contributed by atoms with Gasteiger partial charge >= 0.3 is 17.9 Å². The smallest absolute Gasteiger partial charge is 0.338 e. The van der Waals surface area contributed by atoms with Gasteiger partial charge in [0, 0.05) is 57.4 Å².